The molecule has 3 heteroatoms. The van der Waals surface area contributed by atoms with E-state index in [0.29, 0.717) is 12.2 Å². The first-order valence-corrected chi connectivity index (χ1v) is 3.82. The van der Waals surface area contributed by atoms with Gasteiger partial charge in [0.2, 0.25) is 0 Å². The molecule has 2 N–H and O–H groups in total. The summed E-state index contributed by atoms with van der Waals surface area (Å²) in [6.07, 6.45) is 0.767. The third kappa shape index (κ3) is 2.60. The minimum Gasteiger partial charge on any atom is -0.304 e. The maximum atomic E-state index is 12.1. The number of hydrogen-bond acceptors (Lipinski definition) is 2. The molecule has 0 spiro atoms. The zero-order valence-corrected chi connectivity index (χ0v) is 6.79. The minimum absolute atomic E-state index is 0.409. The summed E-state index contributed by atoms with van der Waals surface area (Å²) >= 11 is 0. The van der Waals surface area contributed by atoms with Crippen LogP contribution in [-0.2, 0) is 17.9 Å². The third-order valence-electron chi connectivity index (χ3n) is 1.69. The van der Waals surface area contributed by atoms with Gasteiger partial charge in [-0.15, -0.1) is 0 Å². The Hall–Kier alpha value is -0.930. The van der Waals surface area contributed by atoms with Crippen LogP contribution in [0.25, 0.3) is 0 Å². The maximum Gasteiger partial charge on any atom is 0.115 e. The van der Waals surface area contributed by atoms with E-state index in [1.807, 2.05) is 12.1 Å². The first kappa shape index (κ1) is 9.16. The first-order valence-electron chi connectivity index (χ1n) is 3.82. The lowest BCUT2D eigenvalue weighted by molar-refractivity contribution is 0.141. The minimum atomic E-state index is -0.409. The van der Waals surface area contributed by atoms with Gasteiger partial charge in [0.1, 0.15) is 6.67 Å². The van der Waals surface area contributed by atoms with Gasteiger partial charge in [-0.3, -0.25) is 0 Å². The van der Waals surface area contributed by atoms with Crippen LogP contribution in [-0.4, -0.2) is 6.61 Å². The Morgan fingerprint density at radius 1 is 1.17 bits per heavy atom. The Bertz CT molecular complexity index is 222. The molecule has 0 bridgehead atoms. The second-order valence-corrected chi connectivity index (χ2v) is 2.57. The van der Waals surface area contributed by atoms with Crippen LogP contribution in [0.1, 0.15) is 11.1 Å². The molecule has 12 heavy (non-hydrogen) atoms. The SMILES string of the molecule is NOCCc1ccc(CF)cc1. The lowest BCUT2D eigenvalue weighted by Gasteiger charge is -2.00. The highest BCUT2D eigenvalue weighted by atomic mass is 19.1. The monoisotopic (exact) mass is 169 g/mol. The second-order valence-electron chi connectivity index (χ2n) is 2.57. The van der Waals surface area contributed by atoms with Crippen LogP contribution < -0.4 is 5.90 Å². The van der Waals surface area contributed by atoms with E-state index in [9.17, 15) is 4.39 Å². The van der Waals surface area contributed by atoms with Crippen molar-refractivity contribution in [1.29, 1.82) is 0 Å². The third-order valence-corrected chi connectivity index (χ3v) is 1.69. The quantitative estimate of drug-likeness (QED) is 0.694. The van der Waals surface area contributed by atoms with Crippen LogP contribution in [0.5, 0.6) is 0 Å². The molecule has 0 radical (unpaired) electrons. The summed E-state index contributed by atoms with van der Waals surface area (Å²) in [4.78, 5) is 4.43. The van der Waals surface area contributed by atoms with Crippen molar-refractivity contribution in [1.82, 2.24) is 0 Å². The van der Waals surface area contributed by atoms with Crippen molar-refractivity contribution < 1.29 is 9.23 Å². The van der Waals surface area contributed by atoms with Crippen LogP contribution >= 0.6 is 0 Å². The number of alkyl halides is 1. The number of hydrogen-bond donors (Lipinski definition) is 1. The molecule has 0 aromatic heterocycles. The molecule has 0 fully saturated rings. The van der Waals surface area contributed by atoms with Gasteiger partial charge in [0.15, 0.2) is 0 Å². The fraction of sp³-hybridized carbons (Fsp3) is 0.333. The molecule has 0 aliphatic rings. The summed E-state index contributed by atoms with van der Waals surface area (Å²) in [5, 5.41) is 0. The van der Waals surface area contributed by atoms with Crippen molar-refractivity contribution in [3.8, 4) is 0 Å². The number of rotatable bonds is 4. The number of halogens is 1. The molecule has 66 valence electrons. The highest BCUT2D eigenvalue weighted by Gasteiger charge is 1.93. The smallest absolute Gasteiger partial charge is 0.115 e. The van der Waals surface area contributed by atoms with E-state index in [2.05, 4.69) is 4.84 Å². The first-order chi connectivity index (χ1) is 5.86. The average molecular weight is 169 g/mol. The Balaban J connectivity index is 2.53. The molecule has 1 aromatic rings. The molecule has 2 nitrogen and oxygen atoms in total. The van der Waals surface area contributed by atoms with E-state index in [0.717, 1.165) is 12.0 Å². The van der Waals surface area contributed by atoms with Crippen molar-refractivity contribution in [3.05, 3.63) is 35.4 Å². The van der Waals surface area contributed by atoms with Crippen molar-refractivity contribution in [3.63, 3.8) is 0 Å². The van der Waals surface area contributed by atoms with E-state index in [4.69, 9.17) is 5.90 Å². The summed E-state index contributed by atoms with van der Waals surface area (Å²) in [6, 6.07) is 7.31. The molecule has 0 saturated heterocycles. The van der Waals surface area contributed by atoms with E-state index in [-0.39, 0.29) is 0 Å². The predicted molar refractivity (Wildman–Crippen MR) is 45.1 cm³/mol. The van der Waals surface area contributed by atoms with Crippen LogP contribution in [0.15, 0.2) is 24.3 Å². The number of nitrogens with two attached hydrogens (primary N) is 1. The molecule has 0 aliphatic carbocycles. The van der Waals surface area contributed by atoms with E-state index < -0.39 is 6.67 Å². The standard InChI is InChI=1S/C9H12FNO/c10-7-9-3-1-8(2-4-9)5-6-12-11/h1-4H,5-7,11H2. The molecule has 1 rings (SSSR count). The fourth-order valence-corrected chi connectivity index (χ4v) is 0.972. The molecule has 0 heterocycles. The van der Waals surface area contributed by atoms with E-state index in [1.165, 1.54) is 0 Å². The van der Waals surface area contributed by atoms with Crippen LogP contribution in [0.2, 0.25) is 0 Å². The van der Waals surface area contributed by atoms with Crippen molar-refractivity contribution in [2.45, 2.75) is 13.1 Å². The molecular formula is C9H12FNO. The van der Waals surface area contributed by atoms with Crippen molar-refractivity contribution >= 4 is 0 Å². The Morgan fingerprint density at radius 3 is 2.25 bits per heavy atom. The van der Waals surface area contributed by atoms with Gasteiger partial charge in [0, 0.05) is 0 Å². The largest absolute Gasteiger partial charge is 0.304 e. The Morgan fingerprint density at radius 2 is 1.75 bits per heavy atom. The average Bonchev–Trinajstić information content (AvgIpc) is 2.15. The van der Waals surface area contributed by atoms with Crippen molar-refractivity contribution in [2.24, 2.45) is 5.90 Å². The number of benzene rings is 1. The van der Waals surface area contributed by atoms with Crippen LogP contribution in [0.3, 0.4) is 0 Å². The lowest BCUT2D eigenvalue weighted by Crippen LogP contribution is -2.03. The molecule has 0 saturated carbocycles. The van der Waals surface area contributed by atoms with Gasteiger partial charge >= 0.3 is 0 Å². The molecule has 0 atom stereocenters. The molecule has 0 unspecified atom stereocenters. The summed E-state index contributed by atoms with van der Waals surface area (Å²) in [6.45, 7) is 0.0860. The predicted octanol–water partition coefficient (Wildman–Crippen LogP) is 1.59. The normalized spacial score (nSPS) is 10.2. The topological polar surface area (TPSA) is 35.2 Å². The van der Waals surface area contributed by atoms with Gasteiger partial charge in [-0.1, -0.05) is 24.3 Å². The summed E-state index contributed by atoms with van der Waals surface area (Å²) < 4.78 is 12.1. The molecule has 0 aliphatic heterocycles. The van der Waals surface area contributed by atoms with Crippen LogP contribution in [0.4, 0.5) is 4.39 Å². The summed E-state index contributed by atoms with van der Waals surface area (Å²) in [5.41, 5.74) is 1.81. The molecule has 1 aromatic carbocycles. The highest BCUT2D eigenvalue weighted by Crippen LogP contribution is 2.05. The van der Waals surface area contributed by atoms with Gasteiger partial charge in [-0.2, -0.15) is 0 Å². The van der Waals surface area contributed by atoms with Gasteiger partial charge < -0.3 is 4.84 Å². The highest BCUT2D eigenvalue weighted by molar-refractivity contribution is 5.21. The lowest BCUT2D eigenvalue weighted by atomic mass is 10.1. The second kappa shape index (κ2) is 4.85. The summed E-state index contributed by atoms with van der Waals surface area (Å²) in [5.74, 6) is 4.87. The molecule has 0 amide bonds. The van der Waals surface area contributed by atoms with Gasteiger partial charge in [-0.05, 0) is 17.5 Å². The van der Waals surface area contributed by atoms with Crippen LogP contribution in [0, 0.1) is 0 Å². The maximum absolute atomic E-state index is 12.1. The Kier molecular flexibility index (Phi) is 3.70. The zero-order valence-electron chi connectivity index (χ0n) is 6.79. The van der Waals surface area contributed by atoms with Crippen molar-refractivity contribution in [2.75, 3.05) is 6.61 Å². The summed E-state index contributed by atoms with van der Waals surface area (Å²) in [7, 11) is 0. The fourth-order valence-electron chi connectivity index (χ4n) is 0.972. The van der Waals surface area contributed by atoms with Gasteiger partial charge in [-0.25, -0.2) is 10.3 Å². The van der Waals surface area contributed by atoms with E-state index in [1.54, 1.807) is 12.1 Å². The van der Waals surface area contributed by atoms with Gasteiger partial charge in [0.05, 0.1) is 6.61 Å². The Labute approximate surface area is 71.1 Å². The van der Waals surface area contributed by atoms with Gasteiger partial charge in [0.25, 0.3) is 0 Å². The van der Waals surface area contributed by atoms with E-state index >= 15 is 0 Å². The molecular weight excluding hydrogens is 157 g/mol. The zero-order chi connectivity index (χ0) is 8.81.